The zero-order valence-electron chi connectivity index (χ0n) is 8.71. The van der Waals surface area contributed by atoms with E-state index in [0.717, 1.165) is 11.3 Å². The number of nitrogens with two attached hydrogens (primary N) is 1. The molecule has 2 aromatic heterocycles. The fourth-order valence-electron chi connectivity index (χ4n) is 1.32. The van der Waals surface area contributed by atoms with E-state index >= 15 is 0 Å². The second kappa shape index (κ2) is 4.43. The monoisotopic (exact) mass is 217 g/mol. The Kier molecular flexibility index (Phi) is 2.81. The topological polar surface area (TPSA) is 89.7 Å². The van der Waals surface area contributed by atoms with Gasteiger partial charge in [0.15, 0.2) is 0 Å². The van der Waals surface area contributed by atoms with E-state index in [9.17, 15) is 0 Å². The molecule has 0 unspecified atom stereocenters. The predicted molar refractivity (Wildman–Crippen MR) is 60.1 cm³/mol. The summed E-state index contributed by atoms with van der Waals surface area (Å²) in [6.45, 7) is 0. The molecule has 0 fully saturated rings. The quantitative estimate of drug-likeness (QED) is 0.750. The predicted octanol–water partition coefficient (Wildman–Crippen LogP) is 1.07. The Balaban J connectivity index is 2.52. The molecule has 82 valence electrons. The summed E-state index contributed by atoms with van der Waals surface area (Å²) >= 11 is 0. The number of rotatable bonds is 3. The van der Waals surface area contributed by atoms with Crippen molar-refractivity contribution in [3.05, 3.63) is 30.5 Å². The molecule has 0 saturated carbocycles. The fraction of sp³-hybridized carbons (Fsp3) is 0.100. The average Bonchev–Trinajstić information content (AvgIpc) is 2.80. The highest BCUT2D eigenvalue weighted by molar-refractivity contribution is 5.76. The Morgan fingerprint density at radius 3 is 3.00 bits per heavy atom. The highest BCUT2D eigenvalue weighted by atomic mass is 16.5. The summed E-state index contributed by atoms with van der Waals surface area (Å²) in [6, 6.07) is 0. The number of nitrogen functional groups attached to an aromatic ring is 1. The minimum absolute atomic E-state index is 0.402. The van der Waals surface area contributed by atoms with Gasteiger partial charge in [-0.3, -0.25) is 5.10 Å². The maximum Gasteiger partial charge on any atom is 0.134 e. The summed E-state index contributed by atoms with van der Waals surface area (Å²) in [4.78, 5) is 8.11. The van der Waals surface area contributed by atoms with Gasteiger partial charge in [0.2, 0.25) is 0 Å². The zero-order valence-corrected chi connectivity index (χ0v) is 8.71. The summed E-state index contributed by atoms with van der Waals surface area (Å²) in [7, 11) is 1.56. The molecule has 0 saturated heterocycles. The van der Waals surface area contributed by atoms with E-state index in [1.807, 2.05) is 0 Å². The SMILES string of the molecule is CO/C=C/c1c(N)ncnc1-c1cn[nH]c1. The molecule has 0 bridgehead atoms. The van der Waals surface area contributed by atoms with Crippen molar-refractivity contribution < 1.29 is 4.74 Å². The smallest absolute Gasteiger partial charge is 0.134 e. The second-order valence-corrected chi connectivity index (χ2v) is 3.05. The Bertz CT molecular complexity index is 492. The van der Waals surface area contributed by atoms with Crippen LogP contribution in [0.5, 0.6) is 0 Å². The van der Waals surface area contributed by atoms with Crippen LogP contribution in [0.3, 0.4) is 0 Å². The van der Waals surface area contributed by atoms with Gasteiger partial charge in [-0.2, -0.15) is 5.10 Å². The Morgan fingerprint density at radius 1 is 1.44 bits per heavy atom. The average molecular weight is 217 g/mol. The van der Waals surface area contributed by atoms with E-state index in [0.29, 0.717) is 11.4 Å². The van der Waals surface area contributed by atoms with Gasteiger partial charge in [-0.15, -0.1) is 0 Å². The molecule has 16 heavy (non-hydrogen) atoms. The molecule has 2 heterocycles. The number of aromatic amines is 1. The number of ether oxygens (including phenoxy) is 1. The van der Waals surface area contributed by atoms with Crippen LogP contribution in [-0.2, 0) is 4.74 Å². The van der Waals surface area contributed by atoms with Crippen molar-refractivity contribution in [1.82, 2.24) is 20.2 Å². The van der Waals surface area contributed by atoms with Crippen LogP contribution in [0.4, 0.5) is 5.82 Å². The Labute approximate surface area is 92.2 Å². The molecule has 2 rings (SSSR count). The van der Waals surface area contributed by atoms with Crippen LogP contribution >= 0.6 is 0 Å². The van der Waals surface area contributed by atoms with Crippen LogP contribution in [0.1, 0.15) is 5.56 Å². The standard InChI is InChI=1S/C10H11N5O/c1-16-3-2-8-9(7-4-14-15-5-7)12-6-13-10(8)11/h2-6H,1H3,(H,14,15)(H2,11,12,13)/b3-2+. The number of methoxy groups -OCH3 is 1. The number of hydrogen-bond acceptors (Lipinski definition) is 5. The maximum absolute atomic E-state index is 5.78. The second-order valence-electron chi connectivity index (χ2n) is 3.05. The van der Waals surface area contributed by atoms with E-state index in [4.69, 9.17) is 10.5 Å². The lowest BCUT2D eigenvalue weighted by molar-refractivity contribution is 0.341. The van der Waals surface area contributed by atoms with Gasteiger partial charge in [0.25, 0.3) is 0 Å². The summed E-state index contributed by atoms with van der Waals surface area (Å²) in [5, 5.41) is 6.59. The van der Waals surface area contributed by atoms with Crippen molar-refractivity contribution in [2.45, 2.75) is 0 Å². The number of nitrogens with one attached hydrogen (secondary N) is 1. The number of H-pyrrole nitrogens is 1. The number of aromatic nitrogens is 4. The van der Waals surface area contributed by atoms with E-state index < -0.39 is 0 Å². The first-order valence-electron chi connectivity index (χ1n) is 4.62. The van der Waals surface area contributed by atoms with Crippen molar-refractivity contribution in [2.75, 3.05) is 12.8 Å². The van der Waals surface area contributed by atoms with Crippen LogP contribution in [0.25, 0.3) is 17.3 Å². The maximum atomic E-state index is 5.78. The van der Waals surface area contributed by atoms with Gasteiger partial charge in [0.05, 0.1) is 25.3 Å². The van der Waals surface area contributed by atoms with E-state index in [-0.39, 0.29) is 0 Å². The van der Waals surface area contributed by atoms with Gasteiger partial charge in [-0.05, 0) is 6.08 Å². The molecule has 6 heteroatoms. The Morgan fingerprint density at radius 2 is 2.31 bits per heavy atom. The van der Waals surface area contributed by atoms with E-state index in [1.165, 1.54) is 12.6 Å². The number of anilines is 1. The summed E-state index contributed by atoms with van der Waals surface area (Å²) in [5.41, 5.74) is 8.06. The van der Waals surface area contributed by atoms with Crippen molar-refractivity contribution in [1.29, 1.82) is 0 Å². The lowest BCUT2D eigenvalue weighted by atomic mass is 10.1. The molecule has 0 aliphatic heterocycles. The van der Waals surface area contributed by atoms with Crippen LogP contribution in [-0.4, -0.2) is 27.3 Å². The van der Waals surface area contributed by atoms with Crippen LogP contribution in [0, 0.1) is 0 Å². The molecule has 2 aromatic rings. The minimum Gasteiger partial charge on any atom is -0.504 e. The molecule has 0 spiro atoms. The van der Waals surface area contributed by atoms with Gasteiger partial charge in [-0.1, -0.05) is 0 Å². The van der Waals surface area contributed by atoms with Gasteiger partial charge in [0.1, 0.15) is 12.1 Å². The highest BCUT2D eigenvalue weighted by Gasteiger charge is 2.09. The summed E-state index contributed by atoms with van der Waals surface area (Å²) < 4.78 is 4.86. The van der Waals surface area contributed by atoms with Crippen LogP contribution < -0.4 is 5.73 Å². The molecular weight excluding hydrogens is 206 g/mol. The number of nitrogens with zero attached hydrogens (tertiary/aromatic N) is 3. The van der Waals surface area contributed by atoms with Gasteiger partial charge < -0.3 is 10.5 Å². The van der Waals surface area contributed by atoms with E-state index in [1.54, 1.807) is 25.6 Å². The third-order valence-electron chi connectivity index (χ3n) is 2.06. The molecule has 0 aliphatic carbocycles. The lowest BCUT2D eigenvalue weighted by Crippen LogP contribution is -1.98. The molecule has 0 amide bonds. The molecular formula is C10H11N5O. The van der Waals surface area contributed by atoms with Crippen LogP contribution in [0.2, 0.25) is 0 Å². The fourth-order valence-corrected chi connectivity index (χ4v) is 1.32. The van der Waals surface area contributed by atoms with Crippen molar-refractivity contribution in [3.8, 4) is 11.3 Å². The van der Waals surface area contributed by atoms with Gasteiger partial charge in [0, 0.05) is 17.3 Å². The molecule has 6 nitrogen and oxygen atoms in total. The molecule has 3 N–H and O–H groups in total. The highest BCUT2D eigenvalue weighted by Crippen LogP contribution is 2.24. The van der Waals surface area contributed by atoms with Crippen molar-refractivity contribution >= 4 is 11.9 Å². The number of hydrogen-bond donors (Lipinski definition) is 2. The van der Waals surface area contributed by atoms with E-state index in [2.05, 4.69) is 20.2 Å². The zero-order chi connectivity index (χ0) is 11.4. The third-order valence-corrected chi connectivity index (χ3v) is 2.06. The lowest BCUT2D eigenvalue weighted by Gasteiger charge is -2.04. The first kappa shape index (κ1) is 10.2. The largest absolute Gasteiger partial charge is 0.504 e. The minimum atomic E-state index is 0.402. The normalized spacial score (nSPS) is 10.8. The first-order chi connectivity index (χ1) is 7.83. The summed E-state index contributed by atoms with van der Waals surface area (Å²) in [5.74, 6) is 0.402. The third kappa shape index (κ3) is 1.85. The molecule has 0 aromatic carbocycles. The van der Waals surface area contributed by atoms with Crippen LogP contribution in [0.15, 0.2) is 25.0 Å². The van der Waals surface area contributed by atoms with Gasteiger partial charge in [-0.25, -0.2) is 9.97 Å². The molecule has 0 atom stereocenters. The van der Waals surface area contributed by atoms with Crippen molar-refractivity contribution in [2.24, 2.45) is 0 Å². The molecule has 0 aliphatic rings. The first-order valence-corrected chi connectivity index (χ1v) is 4.62. The van der Waals surface area contributed by atoms with Crippen molar-refractivity contribution in [3.63, 3.8) is 0 Å². The van der Waals surface area contributed by atoms with Gasteiger partial charge >= 0.3 is 0 Å². The Hall–Kier alpha value is -2.37. The molecule has 0 radical (unpaired) electrons. The summed E-state index contributed by atoms with van der Waals surface area (Å²) in [6.07, 6.45) is 8.08.